The number of rotatable bonds is 0. The highest BCUT2D eigenvalue weighted by Crippen LogP contribution is 2.00. The van der Waals surface area contributed by atoms with Crippen molar-refractivity contribution in [2.75, 3.05) is 0 Å². The Hall–Kier alpha value is -2.69. The molecule has 23 heavy (non-hydrogen) atoms. The van der Waals surface area contributed by atoms with E-state index in [0.29, 0.717) is 5.69 Å². The van der Waals surface area contributed by atoms with E-state index in [0.717, 1.165) is 5.82 Å². The molecule has 0 aliphatic carbocycles. The SMILES string of the molecule is Cc1cc(F)ccn1.Cc1cccc(C)c1.Cc1ncncn1. The molecule has 2 aromatic heterocycles. The third-order valence-corrected chi connectivity index (χ3v) is 2.65. The molecular weight excluding hydrogens is 291 g/mol. The van der Waals surface area contributed by atoms with Crippen molar-refractivity contribution in [2.45, 2.75) is 27.7 Å². The Bertz CT molecular complexity index is 624. The predicted molar refractivity (Wildman–Crippen MR) is 89.4 cm³/mol. The smallest absolute Gasteiger partial charge is 0.128 e. The lowest BCUT2D eigenvalue weighted by molar-refractivity contribution is 0.624. The number of benzene rings is 1. The summed E-state index contributed by atoms with van der Waals surface area (Å²) in [7, 11) is 0. The molecule has 2 heterocycles. The molecular formula is C18H21FN4. The van der Waals surface area contributed by atoms with Gasteiger partial charge >= 0.3 is 0 Å². The van der Waals surface area contributed by atoms with Gasteiger partial charge in [-0.1, -0.05) is 35.4 Å². The Labute approximate surface area is 136 Å². The van der Waals surface area contributed by atoms with E-state index in [1.165, 1.54) is 42.1 Å². The van der Waals surface area contributed by atoms with E-state index >= 15 is 0 Å². The van der Waals surface area contributed by atoms with Gasteiger partial charge in [0.1, 0.15) is 24.3 Å². The van der Waals surface area contributed by atoms with Crippen LogP contribution in [0.15, 0.2) is 55.2 Å². The second-order valence-electron chi connectivity index (χ2n) is 4.96. The van der Waals surface area contributed by atoms with Crippen molar-refractivity contribution in [3.63, 3.8) is 0 Å². The van der Waals surface area contributed by atoms with Gasteiger partial charge in [0.05, 0.1) is 0 Å². The zero-order valence-electron chi connectivity index (χ0n) is 13.9. The van der Waals surface area contributed by atoms with Crippen LogP contribution in [0, 0.1) is 33.5 Å². The molecule has 0 aliphatic rings. The first-order chi connectivity index (χ1) is 11.0. The number of nitrogens with zero attached hydrogens (tertiary/aromatic N) is 4. The van der Waals surface area contributed by atoms with Crippen LogP contribution in [0.25, 0.3) is 0 Å². The number of aromatic nitrogens is 4. The van der Waals surface area contributed by atoms with Gasteiger partial charge in [0.15, 0.2) is 0 Å². The number of halogens is 1. The molecule has 0 saturated carbocycles. The normalized spacial score (nSPS) is 9.09. The highest BCUT2D eigenvalue weighted by molar-refractivity contribution is 5.20. The third-order valence-electron chi connectivity index (χ3n) is 2.65. The summed E-state index contributed by atoms with van der Waals surface area (Å²) >= 11 is 0. The fourth-order valence-electron chi connectivity index (χ4n) is 1.61. The topological polar surface area (TPSA) is 51.6 Å². The monoisotopic (exact) mass is 312 g/mol. The maximum Gasteiger partial charge on any atom is 0.128 e. The van der Waals surface area contributed by atoms with Gasteiger partial charge in [-0.25, -0.2) is 19.3 Å². The molecule has 0 amide bonds. The highest BCUT2D eigenvalue weighted by atomic mass is 19.1. The lowest BCUT2D eigenvalue weighted by Gasteiger charge is -1.90. The van der Waals surface area contributed by atoms with Crippen molar-refractivity contribution in [1.82, 2.24) is 19.9 Å². The molecule has 120 valence electrons. The van der Waals surface area contributed by atoms with Gasteiger partial charge in [0.2, 0.25) is 0 Å². The standard InChI is InChI=1S/C8H10.C6H6FN.C4H5N3/c1-7-4-3-5-8(2)6-7;1-5-4-6(7)2-3-8-5;1-4-6-2-5-3-7-4/h3-6H,1-2H3;2-4H,1H3;2-3H,1H3. The lowest BCUT2D eigenvalue weighted by Crippen LogP contribution is -1.84. The third kappa shape index (κ3) is 9.03. The average Bonchev–Trinajstić information content (AvgIpc) is 2.49. The van der Waals surface area contributed by atoms with Gasteiger partial charge in [-0.15, -0.1) is 0 Å². The summed E-state index contributed by atoms with van der Waals surface area (Å²) in [4.78, 5) is 14.9. The number of pyridine rings is 1. The summed E-state index contributed by atoms with van der Waals surface area (Å²) in [5.41, 5.74) is 3.39. The van der Waals surface area contributed by atoms with Crippen LogP contribution >= 0.6 is 0 Å². The molecule has 0 unspecified atom stereocenters. The Balaban J connectivity index is 0.000000173. The molecule has 0 aliphatic heterocycles. The van der Waals surface area contributed by atoms with Crippen LogP contribution in [0.3, 0.4) is 0 Å². The molecule has 0 spiro atoms. The fourth-order valence-corrected chi connectivity index (χ4v) is 1.61. The zero-order chi connectivity index (χ0) is 17.1. The molecule has 3 aromatic rings. The van der Waals surface area contributed by atoms with Crippen LogP contribution in [0.2, 0.25) is 0 Å². The molecule has 0 atom stereocenters. The van der Waals surface area contributed by atoms with E-state index in [1.807, 2.05) is 6.92 Å². The molecule has 0 saturated heterocycles. The predicted octanol–water partition coefficient (Wildman–Crippen LogP) is 4.01. The maximum absolute atomic E-state index is 12.1. The first-order valence-electron chi connectivity index (χ1n) is 7.17. The van der Waals surface area contributed by atoms with Gasteiger partial charge in [-0.3, -0.25) is 4.98 Å². The van der Waals surface area contributed by atoms with Gasteiger partial charge < -0.3 is 0 Å². The fraction of sp³-hybridized carbons (Fsp3) is 0.222. The molecule has 3 rings (SSSR count). The van der Waals surface area contributed by atoms with Crippen molar-refractivity contribution < 1.29 is 4.39 Å². The largest absolute Gasteiger partial charge is 0.261 e. The van der Waals surface area contributed by atoms with Crippen molar-refractivity contribution in [1.29, 1.82) is 0 Å². The van der Waals surface area contributed by atoms with E-state index in [-0.39, 0.29) is 5.82 Å². The Morgan fingerprint density at radius 1 is 0.783 bits per heavy atom. The minimum absolute atomic E-state index is 0.225. The van der Waals surface area contributed by atoms with E-state index in [2.05, 4.69) is 58.0 Å². The Morgan fingerprint density at radius 2 is 1.39 bits per heavy atom. The number of hydrogen-bond acceptors (Lipinski definition) is 4. The maximum atomic E-state index is 12.1. The van der Waals surface area contributed by atoms with Gasteiger partial charge in [-0.2, -0.15) is 0 Å². The van der Waals surface area contributed by atoms with Crippen molar-refractivity contribution >= 4 is 0 Å². The zero-order valence-corrected chi connectivity index (χ0v) is 13.9. The Morgan fingerprint density at radius 3 is 1.70 bits per heavy atom. The molecule has 0 bridgehead atoms. The summed E-state index contributed by atoms with van der Waals surface area (Å²) in [6.45, 7) is 7.78. The van der Waals surface area contributed by atoms with Crippen LogP contribution in [0.1, 0.15) is 22.6 Å². The molecule has 0 fully saturated rings. The van der Waals surface area contributed by atoms with Crippen molar-refractivity contribution in [2.24, 2.45) is 0 Å². The molecule has 0 radical (unpaired) electrons. The quantitative estimate of drug-likeness (QED) is 0.629. The number of aryl methyl sites for hydroxylation is 4. The van der Waals surface area contributed by atoms with Crippen molar-refractivity contribution in [3.8, 4) is 0 Å². The van der Waals surface area contributed by atoms with Crippen LogP contribution < -0.4 is 0 Å². The summed E-state index contributed by atoms with van der Waals surface area (Å²) in [6, 6.07) is 11.2. The van der Waals surface area contributed by atoms with Gasteiger partial charge in [0.25, 0.3) is 0 Å². The second-order valence-corrected chi connectivity index (χ2v) is 4.96. The van der Waals surface area contributed by atoms with E-state index in [4.69, 9.17) is 0 Å². The summed E-state index contributed by atoms with van der Waals surface area (Å²) in [6.07, 6.45) is 4.40. The molecule has 0 N–H and O–H groups in total. The highest BCUT2D eigenvalue weighted by Gasteiger charge is 1.86. The first-order valence-corrected chi connectivity index (χ1v) is 7.17. The van der Waals surface area contributed by atoms with Crippen LogP contribution in [0.5, 0.6) is 0 Å². The molecule has 5 heteroatoms. The minimum Gasteiger partial charge on any atom is -0.261 e. The second kappa shape index (κ2) is 10.1. The Kier molecular flexibility index (Phi) is 8.07. The molecule has 1 aromatic carbocycles. The van der Waals surface area contributed by atoms with Crippen LogP contribution in [-0.2, 0) is 0 Å². The minimum atomic E-state index is -0.225. The summed E-state index contributed by atoms with van der Waals surface area (Å²) in [5, 5.41) is 0. The van der Waals surface area contributed by atoms with E-state index < -0.39 is 0 Å². The van der Waals surface area contributed by atoms with Crippen LogP contribution in [-0.4, -0.2) is 19.9 Å². The summed E-state index contributed by atoms with van der Waals surface area (Å²) < 4.78 is 12.1. The van der Waals surface area contributed by atoms with Crippen LogP contribution in [0.4, 0.5) is 4.39 Å². The van der Waals surface area contributed by atoms with Crippen molar-refractivity contribution in [3.05, 3.63) is 83.7 Å². The van der Waals surface area contributed by atoms with E-state index in [9.17, 15) is 4.39 Å². The lowest BCUT2D eigenvalue weighted by atomic mass is 10.2. The first kappa shape index (κ1) is 18.4. The van der Waals surface area contributed by atoms with Gasteiger partial charge in [0, 0.05) is 11.9 Å². The number of hydrogen-bond donors (Lipinski definition) is 0. The average molecular weight is 312 g/mol. The molecule has 4 nitrogen and oxygen atoms in total. The van der Waals surface area contributed by atoms with Gasteiger partial charge in [-0.05, 0) is 39.8 Å². The summed E-state index contributed by atoms with van der Waals surface area (Å²) in [5.74, 6) is 0.535. The van der Waals surface area contributed by atoms with E-state index in [1.54, 1.807) is 6.92 Å².